The highest BCUT2D eigenvalue weighted by molar-refractivity contribution is 5.78. The first-order valence-corrected chi connectivity index (χ1v) is 12.7. The van der Waals surface area contributed by atoms with Crippen LogP contribution in [0.3, 0.4) is 0 Å². The number of nitrogens with zero attached hydrogens (tertiary/aromatic N) is 3. The van der Waals surface area contributed by atoms with Gasteiger partial charge in [-0.25, -0.2) is 4.98 Å². The van der Waals surface area contributed by atoms with Crippen molar-refractivity contribution in [3.05, 3.63) is 39.8 Å². The van der Waals surface area contributed by atoms with Crippen molar-refractivity contribution in [2.24, 2.45) is 11.7 Å². The van der Waals surface area contributed by atoms with Crippen LogP contribution in [0.2, 0.25) is 0 Å². The minimum atomic E-state index is -0.0828. The molecule has 33 heavy (non-hydrogen) atoms. The van der Waals surface area contributed by atoms with E-state index in [-0.39, 0.29) is 11.5 Å². The van der Waals surface area contributed by atoms with Gasteiger partial charge < -0.3 is 15.6 Å². The number of likely N-dealkylation sites (tertiary alicyclic amines) is 2. The van der Waals surface area contributed by atoms with E-state index in [1.165, 1.54) is 24.8 Å². The number of fused-ring (bicyclic) bond motifs is 1. The number of guanidine groups is 1. The highest BCUT2D eigenvalue weighted by Crippen LogP contribution is 2.27. The van der Waals surface area contributed by atoms with Gasteiger partial charge in [0.1, 0.15) is 5.69 Å². The minimum absolute atomic E-state index is 0.0828. The van der Waals surface area contributed by atoms with E-state index >= 15 is 0 Å². The number of hydrogen-bond acceptors (Lipinski definition) is 4. The van der Waals surface area contributed by atoms with Gasteiger partial charge in [0.15, 0.2) is 5.96 Å². The average molecular weight is 453 g/mol. The van der Waals surface area contributed by atoms with Gasteiger partial charge in [-0.1, -0.05) is 18.6 Å². The van der Waals surface area contributed by atoms with E-state index in [4.69, 9.17) is 16.1 Å². The van der Waals surface area contributed by atoms with Crippen LogP contribution in [0.15, 0.2) is 23.0 Å². The Morgan fingerprint density at radius 3 is 2.73 bits per heavy atom. The number of rotatable bonds is 7. The van der Waals surface area contributed by atoms with E-state index in [0.29, 0.717) is 36.2 Å². The topological polar surface area (TPSA) is 102 Å². The fourth-order valence-corrected chi connectivity index (χ4v) is 6.09. The van der Waals surface area contributed by atoms with Crippen LogP contribution >= 0.6 is 0 Å². The zero-order chi connectivity index (χ0) is 23.5. The molecule has 0 radical (unpaired) electrons. The van der Waals surface area contributed by atoms with E-state index in [0.717, 1.165) is 49.8 Å². The molecule has 0 amide bonds. The number of aromatic nitrogens is 2. The zero-order valence-corrected chi connectivity index (χ0v) is 20.4. The standard InChI is InChI=1S/C26H40N6O/c1-17-7-4-8-18(2)32(17)19(3)9-5-10-21-11-6-12-22-24(21)30-25(33)23(29-22)15-20-13-14-31(16-20)26(27)28/h6,11-12,17-20H,4-5,7-10,13-16H2,1-3H3,(H3,27,28)(H,30,33). The van der Waals surface area contributed by atoms with Crippen molar-refractivity contribution in [3.8, 4) is 0 Å². The number of H-pyrrole nitrogens is 1. The summed E-state index contributed by atoms with van der Waals surface area (Å²) in [6.45, 7) is 8.61. The van der Waals surface area contributed by atoms with Crippen LogP contribution in [0.4, 0.5) is 0 Å². The number of piperidine rings is 1. The summed E-state index contributed by atoms with van der Waals surface area (Å²) in [5.41, 5.74) is 9.06. The molecular formula is C26H40N6O. The SMILES string of the molecule is CC(CCCc1cccc2nc(CC3CCN(C(=N)N)C3)c(=O)[nH]c12)N1C(C)CCCC1C. The fourth-order valence-electron chi connectivity index (χ4n) is 6.09. The molecule has 4 N–H and O–H groups in total. The molecule has 2 aromatic rings. The molecule has 3 heterocycles. The van der Waals surface area contributed by atoms with Gasteiger partial charge in [-0.3, -0.25) is 15.1 Å². The number of nitrogens with two attached hydrogens (primary N) is 1. The maximum Gasteiger partial charge on any atom is 0.270 e. The van der Waals surface area contributed by atoms with Gasteiger partial charge >= 0.3 is 0 Å². The third-order valence-electron chi connectivity index (χ3n) is 7.83. The number of para-hydroxylation sites is 1. The Labute approximate surface area is 197 Å². The molecule has 2 aliphatic heterocycles. The summed E-state index contributed by atoms with van der Waals surface area (Å²) in [6.07, 6.45) is 8.74. The first-order chi connectivity index (χ1) is 15.8. The van der Waals surface area contributed by atoms with Gasteiger partial charge in [-0.2, -0.15) is 0 Å². The fraction of sp³-hybridized carbons (Fsp3) is 0.654. The quantitative estimate of drug-likeness (QED) is 0.440. The summed E-state index contributed by atoms with van der Waals surface area (Å²) < 4.78 is 0. The van der Waals surface area contributed by atoms with Gasteiger partial charge in [0, 0.05) is 31.2 Å². The van der Waals surface area contributed by atoms with E-state index in [1.807, 2.05) is 11.0 Å². The Morgan fingerprint density at radius 2 is 2.03 bits per heavy atom. The Morgan fingerprint density at radius 1 is 1.27 bits per heavy atom. The van der Waals surface area contributed by atoms with Crippen LogP contribution in [0.5, 0.6) is 0 Å². The molecule has 0 spiro atoms. The molecule has 1 aromatic heterocycles. The Bertz CT molecular complexity index is 1020. The van der Waals surface area contributed by atoms with Crippen molar-refractivity contribution >= 4 is 17.0 Å². The van der Waals surface area contributed by atoms with Crippen molar-refractivity contribution in [3.63, 3.8) is 0 Å². The van der Waals surface area contributed by atoms with Gasteiger partial charge in [-0.05, 0) is 83.3 Å². The van der Waals surface area contributed by atoms with Crippen LogP contribution < -0.4 is 11.3 Å². The summed E-state index contributed by atoms with van der Waals surface area (Å²) >= 11 is 0. The van der Waals surface area contributed by atoms with Gasteiger partial charge in [-0.15, -0.1) is 0 Å². The predicted octanol–water partition coefficient (Wildman–Crippen LogP) is 3.66. The van der Waals surface area contributed by atoms with E-state index < -0.39 is 0 Å². The van der Waals surface area contributed by atoms with E-state index in [1.54, 1.807) is 0 Å². The molecule has 4 unspecified atom stereocenters. The molecule has 7 nitrogen and oxygen atoms in total. The molecule has 2 saturated heterocycles. The predicted molar refractivity (Wildman–Crippen MR) is 135 cm³/mol. The Balaban J connectivity index is 1.41. The van der Waals surface area contributed by atoms with Crippen molar-refractivity contribution in [1.82, 2.24) is 19.8 Å². The van der Waals surface area contributed by atoms with Gasteiger partial charge in [0.2, 0.25) is 0 Å². The van der Waals surface area contributed by atoms with Crippen molar-refractivity contribution in [2.75, 3.05) is 13.1 Å². The average Bonchev–Trinajstić information content (AvgIpc) is 3.23. The van der Waals surface area contributed by atoms with Gasteiger partial charge in [0.05, 0.1) is 11.0 Å². The number of hydrogen-bond donors (Lipinski definition) is 3. The van der Waals surface area contributed by atoms with Crippen molar-refractivity contribution in [1.29, 1.82) is 5.41 Å². The van der Waals surface area contributed by atoms with E-state index in [9.17, 15) is 4.79 Å². The maximum atomic E-state index is 12.8. The number of nitrogens with one attached hydrogen (secondary N) is 2. The lowest BCUT2D eigenvalue weighted by atomic mass is 9.93. The smallest absolute Gasteiger partial charge is 0.270 e. The lowest BCUT2D eigenvalue weighted by Gasteiger charge is -2.43. The summed E-state index contributed by atoms with van der Waals surface area (Å²) in [6, 6.07) is 8.09. The van der Waals surface area contributed by atoms with Crippen LogP contribution in [0.1, 0.15) is 70.6 Å². The summed E-state index contributed by atoms with van der Waals surface area (Å²) in [4.78, 5) is 25.3. The maximum absolute atomic E-state index is 12.8. The molecule has 180 valence electrons. The van der Waals surface area contributed by atoms with Gasteiger partial charge in [0.25, 0.3) is 5.56 Å². The molecule has 4 atom stereocenters. The molecule has 4 rings (SSSR count). The molecule has 1 aromatic carbocycles. The minimum Gasteiger partial charge on any atom is -0.370 e. The summed E-state index contributed by atoms with van der Waals surface area (Å²) in [5.74, 6) is 0.422. The molecule has 7 heteroatoms. The van der Waals surface area contributed by atoms with E-state index in [2.05, 4.69) is 42.8 Å². The number of aromatic amines is 1. The number of aryl methyl sites for hydroxylation is 1. The zero-order valence-electron chi connectivity index (χ0n) is 20.4. The Kier molecular flexibility index (Phi) is 7.37. The first kappa shape index (κ1) is 23.7. The van der Waals surface area contributed by atoms with Crippen LogP contribution in [0, 0.1) is 11.3 Å². The second kappa shape index (κ2) is 10.2. The third kappa shape index (κ3) is 5.40. The normalized spacial score (nSPS) is 24.9. The highest BCUT2D eigenvalue weighted by atomic mass is 16.1. The summed E-state index contributed by atoms with van der Waals surface area (Å²) in [5, 5.41) is 7.61. The molecule has 0 bridgehead atoms. The third-order valence-corrected chi connectivity index (χ3v) is 7.83. The lowest BCUT2D eigenvalue weighted by molar-refractivity contribution is 0.0580. The van der Waals surface area contributed by atoms with Crippen LogP contribution in [-0.4, -0.2) is 56.9 Å². The second-order valence-electron chi connectivity index (χ2n) is 10.3. The molecule has 2 fully saturated rings. The lowest BCUT2D eigenvalue weighted by Crippen LogP contribution is -2.48. The monoisotopic (exact) mass is 452 g/mol. The van der Waals surface area contributed by atoms with Crippen LogP contribution in [0.25, 0.3) is 11.0 Å². The highest BCUT2D eigenvalue weighted by Gasteiger charge is 2.28. The Hall–Kier alpha value is -2.41. The molecule has 0 saturated carbocycles. The molecular weight excluding hydrogens is 412 g/mol. The van der Waals surface area contributed by atoms with Crippen molar-refractivity contribution in [2.45, 2.75) is 90.3 Å². The molecule has 0 aliphatic carbocycles. The largest absolute Gasteiger partial charge is 0.370 e. The summed E-state index contributed by atoms with van der Waals surface area (Å²) in [7, 11) is 0. The van der Waals surface area contributed by atoms with Crippen molar-refractivity contribution < 1.29 is 0 Å². The first-order valence-electron chi connectivity index (χ1n) is 12.7. The number of benzene rings is 1. The molecule has 2 aliphatic rings. The second-order valence-corrected chi connectivity index (χ2v) is 10.3. The van der Waals surface area contributed by atoms with Crippen LogP contribution in [-0.2, 0) is 12.8 Å².